The van der Waals surface area contributed by atoms with E-state index in [4.69, 9.17) is 4.99 Å². The summed E-state index contributed by atoms with van der Waals surface area (Å²) in [5.74, 6) is 0. The molecule has 1 aliphatic carbocycles. The van der Waals surface area contributed by atoms with Gasteiger partial charge in [0.25, 0.3) is 0 Å². The fourth-order valence-corrected chi connectivity index (χ4v) is 6.76. The highest BCUT2D eigenvalue weighted by molar-refractivity contribution is 6.12. The van der Waals surface area contributed by atoms with Crippen LogP contribution in [0.3, 0.4) is 0 Å². The Morgan fingerprint density at radius 3 is 2.38 bits per heavy atom. The summed E-state index contributed by atoms with van der Waals surface area (Å²) < 4.78 is 0. The average Bonchev–Trinajstić information content (AvgIpc) is 3.19. The number of allylic oxidation sites excluding steroid dienone is 9. The van der Waals surface area contributed by atoms with E-state index in [0.717, 1.165) is 53.9 Å². The number of rotatable bonds is 11. The molecule has 3 heteroatoms. The van der Waals surface area contributed by atoms with Crippen molar-refractivity contribution in [3.05, 3.63) is 173 Å². The van der Waals surface area contributed by atoms with E-state index in [1.54, 1.807) is 0 Å². The molecular weight excluding hydrogens is 643 g/mol. The lowest BCUT2D eigenvalue weighted by atomic mass is 9.88. The first-order valence-electron chi connectivity index (χ1n) is 19.0. The molecular formula is C50H57N3. The van der Waals surface area contributed by atoms with E-state index in [1.165, 1.54) is 49.7 Å². The number of para-hydroxylation sites is 1. The van der Waals surface area contributed by atoms with Crippen LogP contribution >= 0.6 is 0 Å². The number of benzene rings is 4. The van der Waals surface area contributed by atoms with Gasteiger partial charge in [-0.05, 0) is 138 Å². The Morgan fingerprint density at radius 1 is 0.943 bits per heavy atom. The number of dihydropyridines is 1. The van der Waals surface area contributed by atoms with Crippen LogP contribution in [0.25, 0.3) is 34.1 Å². The predicted octanol–water partition coefficient (Wildman–Crippen LogP) is 14.2. The normalized spacial score (nSPS) is 15.0. The molecule has 0 radical (unpaired) electrons. The van der Waals surface area contributed by atoms with E-state index in [1.807, 2.05) is 51.1 Å². The summed E-state index contributed by atoms with van der Waals surface area (Å²) in [7, 11) is 0. The van der Waals surface area contributed by atoms with Crippen molar-refractivity contribution in [1.29, 1.82) is 0 Å². The highest BCUT2D eigenvalue weighted by Crippen LogP contribution is 2.37. The first-order valence-corrected chi connectivity index (χ1v) is 19.0. The number of nitrogens with one attached hydrogen (secondary N) is 1. The Balaban J connectivity index is 0.000000493. The van der Waals surface area contributed by atoms with Gasteiger partial charge in [-0.15, -0.1) is 0 Å². The molecule has 4 aromatic carbocycles. The van der Waals surface area contributed by atoms with E-state index < -0.39 is 0 Å². The number of aryl methyl sites for hydroxylation is 1. The molecule has 0 aromatic heterocycles. The van der Waals surface area contributed by atoms with Crippen molar-refractivity contribution in [2.75, 3.05) is 0 Å². The van der Waals surface area contributed by atoms with Crippen LogP contribution in [0, 0.1) is 6.92 Å². The Morgan fingerprint density at radius 2 is 1.72 bits per heavy atom. The molecule has 1 unspecified atom stereocenters. The molecule has 1 heterocycles. The topological polar surface area (TPSA) is 36.8 Å². The van der Waals surface area contributed by atoms with E-state index in [-0.39, 0.29) is 6.04 Å². The molecule has 0 saturated carbocycles. The van der Waals surface area contributed by atoms with Gasteiger partial charge in [0.15, 0.2) is 0 Å². The highest BCUT2D eigenvalue weighted by Gasteiger charge is 2.17. The summed E-state index contributed by atoms with van der Waals surface area (Å²) in [6.07, 6.45) is 23.5. The number of fused-ring (bicyclic) bond motifs is 1. The average molecular weight is 700 g/mol. The maximum Gasteiger partial charge on any atom is 0.0698 e. The zero-order valence-electron chi connectivity index (χ0n) is 32.8. The van der Waals surface area contributed by atoms with Crippen molar-refractivity contribution in [2.24, 2.45) is 9.98 Å². The molecule has 1 atom stereocenters. The van der Waals surface area contributed by atoms with Gasteiger partial charge in [0.1, 0.15) is 0 Å². The summed E-state index contributed by atoms with van der Waals surface area (Å²) in [6.45, 7) is 25.1. The predicted molar refractivity (Wildman–Crippen MR) is 236 cm³/mol. The minimum absolute atomic E-state index is 0.0999. The minimum Gasteiger partial charge on any atom is -0.378 e. The van der Waals surface area contributed by atoms with Crippen LogP contribution in [-0.4, -0.2) is 12.4 Å². The molecule has 4 aromatic rings. The Bertz CT molecular complexity index is 2100. The summed E-state index contributed by atoms with van der Waals surface area (Å²) >= 11 is 0. The van der Waals surface area contributed by atoms with Gasteiger partial charge in [0, 0.05) is 5.70 Å². The summed E-state index contributed by atoms with van der Waals surface area (Å²) in [4.78, 5) is 9.07. The van der Waals surface area contributed by atoms with Crippen molar-refractivity contribution >= 4 is 41.0 Å². The molecule has 2 aliphatic rings. The molecule has 0 amide bonds. The maximum absolute atomic E-state index is 5.25. The van der Waals surface area contributed by atoms with Crippen molar-refractivity contribution in [3.63, 3.8) is 0 Å². The number of hydrogen-bond donors (Lipinski definition) is 1. The van der Waals surface area contributed by atoms with Crippen LogP contribution in [-0.2, 0) is 6.54 Å². The van der Waals surface area contributed by atoms with E-state index >= 15 is 0 Å². The van der Waals surface area contributed by atoms with Crippen LogP contribution in [0.5, 0.6) is 0 Å². The van der Waals surface area contributed by atoms with Crippen molar-refractivity contribution in [2.45, 2.75) is 79.8 Å². The van der Waals surface area contributed by atoms with Gasteiger partial charge < -0.3 is 5.32 Å². The second kappa shape index (κ2) is 20.5. The maximum atomic E-state index is 5.25. The SMILES string of the molecule is C=Cc1c(/C=C\C)c(-c2cc(CN=C(C(=C)CCC)C3=CC=CCC3)cc(C3C=CC=C(C)N3)c2)cc2ccccc12.C=Nc1ccccc1C.CC. The Hall–Kier alpha value is -5.54. The van der Waals surface area contributed by atoms with Gasteiger partial charge in [-0.1, -0.05) is 137 Å². The quantitative estimate of drug-likeness (QED) is 0.155. The lowest BCUT2D eigenvalue weighted by Crippen LogP contribution is -2.19. The molecule has 53 heavy (non-hydrogen) atoms. The third kappa shape index (κ3) is 10.5. The molecule has 0 bridgehead atoms. The first-order chi connectivity index (χ1) is 25.9. The van der Waals surface area contributed by atoms with Gasteiger partial charge in [0.05, 0.1) is 24.0 Å². The molecule has 272 valence electrons. The van der Waals surface area contributed by atoms with E-state index in [9.17, 15) is 0 Å². The third-order valence-electron chi connectivity index (χ3n) is 9.30. The standard InChI is InChI=1S/C40H42N2.C8H9N.C2H6/c1-6-15-28(4)40(31-18-10-9-11-19-31)41-27-30-23-33(25-34(24-30)39-22-14-17-29(5)42-39)38-26-32-20-12-13-21-36(32)35(8-3)37(38)16-7-2;1-7-5-3-4-6-8(7)9-2;1-2/h7-10,12-14,16-18,20-26,39,42H,3-4,6,11,15,19,27H2,1-2,5H3;3-6H,2H2,1H3;1-2H3/b16-7-,41-40?;;. The number of aliphatic imine (C=N–C) groups is 2. The first kappa shape index (κ1) is 40.2. The van der Waals surface area contributed by atoms with E-state index in [2.05, 4.69) is 148 Å². The smallest absolute Gasteiger partial charge is 0.0698 e. The number of hydrogen-bond acceptors (Lipinski definition) is 3. The molecule has 0 saturated heterocycles. The largest absolute Gasteiger partial charge is 0.378 e. The molecule has 0 fully saturated rings. The van der Waals surface area contributed by atoms with Gasteiger partial charge in [-0.2, -0.15) is 0 Å². The van der Waals surface area contributed by atoms with Crippen LogP contribution < -0.4 is 5.32 Å². The van der Waals surface area contributed by atoms with Gasteiger partial charge in [-0.25, -0.2) is 0 Å². The summed E-state index contributed by atoms with van der Waals surface area (Å²) in [5.41, 5.74) is 14.0. The van der Waals surface area contributed by atoms with Crippen molar-refractivity contribution in [3.8, 4) is 11.1 Å². The number of nitrogens with zero attached hydrogens (tertiary/aromatic N) is 2. The zero-order chi connectivity index (χ0) is 38.2. The van der Waals surface area contributed by atoms with Crippen LogP contribution in [0.1, 0.15) is 94.2 Å². The van der Waals surface area contributed by atoms with Crippen molar-refractivity contribution < 1.29 is 0 Å². The lowest BCUT2D eigenvalue weighted by molar-refractivity contribution is 0.703. The second-order valence-corrected chi connectivity index (χ2v) is 13.1. The Kier molecular flexibility index (Phi) is 15.6. The monoisotopic (exact) mass is 699 g/mol. The molecule has 0 spiro atoms. The second-order valence-electron chi connectivity index (χ2n) is 13.1. The molecule has 6 rings (SSSR count). The summed E-state index contributed by atoms with van der Waals surface area (Å²) in [6, 6.07) is 25.9. The van der Waals surface area contributed by atoms with Crippen LogP contribution in [0.15, 0.2) is 155 Å². The van der Waals surface area contributed by atoms with Gasteiger partial charge in [0.2, 0.25) is 0 Å². The molecule has 1 N–H and O–H groups in total. The third-order valence-corrected chi connectivity index (χ3v) is 9.30. The van der Waals surface area contributed by atoms with Gasteiger partial charge >= 0.3 is 0 Å². The van der Waals surface area contributed by atoms with Gasteiger partial charge in [-0.3, -0.25) is 9.98 Å². The lowest BCUT2D eigenvalue weighted by Gasteiger charge is -2.22. The molecule has 3 nitrogen and oxygen atoms in total. The van der Waals surface area contributed by atoms with Crippen LogP contribution in [0.4, 0.5) is 5.69 Å². The zero-order valence-corrected chi connectivity index (χ0v) is 32.8. The van der Waals surface area contributed by atoms with E-state index in [0.29, 0.717) is 6.54 Å². The van der Waals surface area contributed by atoms with Crippen LogP contribution in [0.2, 0.25) is 0 Å². The minimum atomic E-state index is 0.0999. The summed E-state index contributed by atoms with van der Waals surface area (Å²) in [5, 5.41) is 6.09. The Labute approximate surface area is 319 Å². The van der Waals surface area contributed by atoms with Crippen molar-refractivity contribution in [1.82, 2.24) is 5.32 Å². The fraction of sp³-hybridized carbons (Fsp3) is 0.240. The highest BCUT2D eigenvalue weighted by atomic mass is 14.9. The molecule has 1 aliphatic heterocycles. The fourth-order valence-electron chi connectivity index (χ4n) is 6.76.